The normalized spacial score (nSPS) is 13.2. The highest BCUT2D eigenvalue weighted by molar-refractivity contribution is 7.79. The van der Waals surface area contributed by atoms with Gasteiger partial charge in [0.15, 0.2) is 0 Å². The van der Waals surface area contributed by atoms with Gasteiger partial charge in [0.2, 0.25) is 0 Å². The Morgan fingerprint density at radius 1 is 0.596 bits per heavy atom. The number of aromatic nitrogens is 3. The summed E-state index contributed by atoms with van der Waals surface area (Å²) in [5.74, 6) is 8.08. The van der Waals surface area contributed by atoms with Crippen molar-refractivity contribution in [3.63, 3.8) is 0 Å². The first kappa shape index (κ1) is 29.1. The van der Waals surface area contributed by atoms with E-state index in [1.807, 2.05) is 0 Å². The molecule has 6 nitrogen and oxygen atoms in total. The number of benzene rings is 5. The molecule has 0 fully saturated rings. The van der Waals surface area contributed by atoms with Crippen LogP contribution in [0.25, 0.3) is 60.8 Å². The molecule has 0 unspecified atom stereocenters. The van der Waals surface area contributed by atoms with Gasteiger partial charge in [-0.15, -0.1) is 0 Å². The van der Waals surface area contributed by atoms with E-state index in [4.69, 9.17) is 11.6 Å². The third-order valence-electron chi connectivity index (χ3n) is 9.39. The second-order valence-corrected chi connectivity index (χ2v) is 11.8. The molecule has 9 rings (SSSR count). The van der Waals surface area contributed by atoms with Crippen LogP contribution in [0.4, 0.5) is 5.69 Å². The molecular formula is C40H36N6S. The lowest BCUT2D eigenvalue weighted by Crippen LogP contribution is -2.31. The van der Waals surface area contributed by atoms with Gasteiger partial charge < -0.3 is 14.9 Å². The Morgan fingerprint density at radius 2 is 1.15 bits per heavy atom. The summed E-state index contributed by atoms with van der Waals surface area (Å²) in [6.45, 7) is 0.847. The van der Waals surface area contributed by atoms with Crippen LogP contribution in [0.5, 0.6) is 0 Å². The molecule has 0 aliphatic carbocycles. The average Bonchev–Trinajstić information content (AvgIpc) is 3.77. The number of para-hydroxylation sites is 4. The zero-order valence-corrected chi connectivity index (χ0v) is 27.1. The summed E-state index contributed by atoms with van der Waals surface area (Å²) >= 11 is 3.53. The fourth-order valence-corrected chi connectivity index (χ4v) is 7.35. The molecule has 47 heavy (non-hydrogen) atoms. The lowest BCUT2D eigenvalue weighted by atomic mass is 10.1. The molecule has 4 heterocycles. The lowest BCUT2D eigenvalue weighted by Gasteiger charge is -2.23. The molecule has 0 radical (unpaired) electrons. The van der Waals surface area contributed by atoms with Crippen molar-refractivity contribution in [2.75, 3.05) is 11.3 Å². The molecule has 1 aliphatic heterocycles. The molecule has 4 N–H and O–H groups in total. The molecule has 232 valence electrons. The maximum Gasteiger partial charge on any atom is 0.118 e. The molecule has 0 saturated carbocycles. The summed E-state index contributed by atoms with van der Waals surface area (Å²) < 4.78 is 7.03. The van der Waals surface area contributed by atoms with Crippen molar-refractivity contribution >= 4 is 67.6 Å². The first-order chi connectivity index (χ1) is 23.2. The quantitative estimate of drug-likeness (QED) is 0.103. The number of thiol groups is 1. The van der Waals surface area contributed by atoms with E-state index >= 15 is 0 Å². The maximum atomic E-state index is 7.03. The average molecular weight is 633 g/mol. The van der Waals surface area contributed by atoms with E-state index in [0.717, 1.165) is 58.9 Å². The van der Waals surface area contributed by atoms with Crippen molar-refractivity contribution in [3.05, 3.63) is 145 Å². The zero-order valence-electron chi connectivity index (χ0n) is 26.2. The molecule has 7 heteroatoms. The highest BCUT2D eigenvalue weighted by atomic mass is 32.1. The smallest absolute Gasteiger partial charge is 0.118 e. The van der Waals surface area contributed by atoms with Crippen molar-refractivity contribution in [1.29, 1.82) is 0 Å². The maximum absolute atomic E-state index is 7.03. The van der Waals surface area contributed by atoms with Gasteiger partial charge in [-0.05, 0) is 79.8 Å². The largest absolute Gasteiger partial charge is 0.396 e. The van der Waals surface area contributed by atoms with Gasteiger partial charge >= 0.3 is 0 Å². The van der Waals surface area contributed by atoms with Crippen LogP contribution in [0.1, 0.15) is 18.5 Å². The first-order valence-corrected chi connectivity index (χ1v) is 16.8. The number of hydrogen-bond acceptors (Lipinski definition) is 4. The van der Waals surface area contributed by atoms with Crippen molar-refractivity contribution in [1.82, 2.24) is 13.7 Å². The van der Waals surface area contributed by atoms with Crippen molar-refractivity contribution < 1.29 is 0 Å². The van der Waals surface area contributed by atoms with E-state index in [2.05, 4.69) is 160 Å². The van der Waals surface area contributed by atoms with Crippen LogP contribution in [0.15, 0.2) is 139 Å². The molecule has 5 aromatic carbocycles. The first-order valence-electron chi connectivity index (χ1n) is 15.9. The Bertz CT molecular complexity index is 2390. The minimum absolute atomic E-state index is 0.717. The Balaban J connectivity index is 0.00000159. The topological polar surface area (TPSA) is 70.1 Å². The molecule has 0 bridgehead atoms. The summed E-state index contributed by atoms with van der Waals surface area (Å²) in [6.07, 6.45) is 3.39. The Labute approximate surface area is 279 Å². The minimum atomic E-state index is 0.717. The zero-order chi connectivity index (χ0) is 32.1. The van der Waals surface area contributed by atoms with Crippen LogP contribution in [0.2, 0.25) is 0 Å². The summed E-state index contributed by atoms with van der Waals surface area (Å²) in [5.41, 5.74) is 16.4. The number of rotatable bonds is 4. The molecule has 0 amide bonds. The second kappa shape index (κ2) is 11.8. The Hall–Kier alpha value is -5.37. The van der Waals surface area contributed by atoms with Crippen molar-refractivity contribution in [2.45, 2.75) is 19.4 Å². The Kier molecular flexibility index (Phi) is 7.28. The van der Waals surface area contributed by atoms with Crippen LogP contribution < -0.4 is 16.6 Å². The number of anilines is 1. The van der Waals surface area contributed by atoms with Gasteiger partial charge in [-0.3, -0.25) is 9.58 Å². The SMILES string of the molecule is CS.NC1=C(N(N)c2ccc3c(c2)c2ccccc2n3-c2ccccc2)CCCn2c1ccc2-n1c2ccccc2c2ccccc21. The fourth-order valence-electron chi connectivity index (χ4n) is 7.35. The second-order valence-electron chi connectivity index (χ2n) is 11.8. The molecule has 0 atom stereocenters. The van der Waals surface area contributed by atoms with E-state index in [1.54, 1.807) is 11.3 Å². The van der Waals surface area contributed by atoms with E-state index in [0.29, 0.717) is 5.70 Å². The van der Waals surface area contributed by atoms with Gasteiger partial charge in [0.1, 0.15) is 5.82 Å². The molecule has 1 aliphatic rings. The molecule has 8 aromatic rings. The molecule has 0 saturated heterocycles. The summed E-state index contributed by atoms with van der Waals surface area (Å²) in [5, 5.41) is 6.65. The Morgan fingerprint density at radius 3 is 1.81 bits per heavy atom. The fraction of sp³-hybridized carbons (Fsp3) is 0.100. The number of nitrogens with zero attached hydrogens (tertiary/aromatic N) is 4. The van der Waals surface area contributed by atoms with E-state index in [-0.39, 0.29) is 0 Å². The van der Waals surface area contributed by atoms with Crippen LogP contribution >= 0.6 is 12.6 Å². The molecular weight excluding hydrogens is 597 g/mol. The predicted octanol–water partition coefficient (Wildman–Crippen LogP) is 9.03. The van der Waals surface area contributed by atoms with Gasteiger partial charge in [0, 0.05) is 33.8 Å². The van der Waals surface area contributed by atoms with Crippen LogP contribution in [0.3, 0.4) is 0 Å². The standard InChI is InChI=1S/C39H32N6.CH4S/c40-39-36-22-23-38(44-33-17-8-4-13-28(33)29-14-5-9-18-34(29)44)42(36)24-10-19-37(39)45(41)27-20-21-35-31(25-27)30-15-6-7-16-32(30)43(35)26-11-2-1-3-12-26;1-2/h1-9,11-18,20-23,25H,10,19,24,40-41H2;2H,1H3. The number of hydrogen-bond donors (Lipinski definition) is 3. The number of allylic oxidation sites excluding steroid dienone is 1. The number of fused-ring (bicyclic) bond motifs is 7. The third kappa shape index (κ3) is 4.53. The van der Waals surface area contributed by atoms with Gasteiger partial charge in [0.05, 0.1) is 44.8 Å². The highest BCUT2D eigenvalue weighted by Crippen LogP contribution is 2.38. The highest BCUT2D eigenvalue weighted by Gasteiger charge is 2.24. The summed E-state index contributed by atoms with van der Waals surface area (Å²) in [4.78, 5) is 0. The minimum Gasteiger partial charge on any atom is -0.396 e. The molecule has 3 aromatic heterocycles. The van der Waals surface area contributed by atoms with Crippen LogP contribution in [0, 0.1) is 0 Å². The molecule has 0 spiro atoms. The third-order valence-corrected chi connectivity index (χ3v) is 9.39. The van der Waals surface area contributed by atoms with Gasteiger partial charge in [-0.1, -0.05) is 72.8 Å². The number of hydrazine groups is 1. The van der Waals surface area contributed by atoms with Gasteiger partial charge in [0.25, 0.3) is 0 Å². The van der Waals surface area contributed by atoms with Gasteiger partial charge in [-0.2, -0.15) is 12.6 Å². The van der Waals surface area contributed by atoms with Gasteiger partial charge in [-0.25, -0.2) is 5.84 Å². The predicted molar refractivity (Wildman–Crippen MR) is 201 cm³/mol. The summed E-state index contributed by atoms with van der Waals surface area (Å²) in [6, 6.07) is 47.1. The monoisotopic (exact) mass is 632 g/mol. The number of nitrogens with two attached hydrogens (primary N) is 2. The van der Waals surface area contributed by atoms with E-state index < -0.39 is 0 Å². The van der Waals surface area contributed by atoms with E-state index in [1.165, 1.54) is 32.7 Å². The van der Waals surface area contributed by atoms with Crippen molar-refractivity contribution in [3.8, 4) is 11.5 Å². The van der Waals surface area contributed by atoms with Crippen LogP contribution in [-0.2, 0) is 6.54 Å². The van der Waals surface area contributed by atoms with Crippen molar-refractivity contribution in [2.24, 2.45) is 11.6 Å². The van der Waals surface area contributed by atoms with Crippen LogP contribution in [-0.4, -0.2) is 20.0 Å². The summed E-state index contributed by atoms with van der Waals surface area (Å²) in [7, 11) is 0. The van der Waals surface area contributed by atoms with E-state index in [9.17, 15) is 0 Å². The lowest BCUT2D eigenvalue weighted by molar-refractivity contribution is 0.634.